The van der Waals surface area contributed by atoms with Crippen LogP contribution in [0.5, 0.6) is 11.5 Å². The third kappa shape index (κ3) is 5.43. The van der Waals surface area contributed by atoms with Crippen molar-refractivity contribution >= 4 is 29.1 Å². The topological polar surface area (TPSA) is 71.1 Å². The highest BCUT2D eigenvalue weighted by Crippen LogP contribution is 2.28. The molecule has 2 aromatic rings. The van der Waals surface area contributed by atoms with Gasteiger partial charge in [-0.05, 0) is 30.3 Å². The van der Waals surface area contributed by atoms with Crippen LogP contribution in [0.4, 0.5) is 5.69 Å². The van der Waals surface area contributed by atoms with Gasteiger partial charge in [-0.15, -0.1) is 0 Å². The van der Waals surface area contributed by atoms with E-state index in [9.17, 15) is 9.59 Å². The van der Waals surface area contributed by atoms with Gasteiger partial charge in [0.25, 0.3) is 5.91 Å². The molecule has 3 rings (SSSR count). The number of anilines is 1. The highest BCUT2D eigenvalue weighted by Gasteiger charge is 2.23. The van der Waals surface area contributed by atoms with E-state index < -0.39 is 0 Å². The number of ether oxygens (including phenoxy) is 2. The predicted octanol–water partition coefficient (Wildman–Crippen LogP) is 3.14. The second kappa shape index (κ2) is 10.3. The highest BCUT2D eigenvalue weighted by atomic mass is 35.5. The molecule has 1 aliphatic heterocycles. The standard InChI is InChI=1S/C22H26ClN3O4/c1-29-19-8-7-16(15-20(19)30-2)22(28)26-13-11-25(12-14-26)10-9-21(27)24-18-6-4-3-5-17(18)23/h3-8,15H,9-14H2,1-2H3,(H,24,27). The summed E-state index contributed by atoms with van der Waals surface area (Å²) in [5.74, 6) is 1.01. The fourth-order valence-corrected chi connectivity index (χ4v) is 3.54. The minimum atomic E-state index is -0.0769. The number of methoxy groups -OCH3 is 2. The number of benzene rings is 2. The van der Waals surface area contributed by atoms with E-state index in [1.807, 2.05) is 17.0 Å². The zero-order valence-corrected chi connectivity index (χ0v) is 17.9. The first kappa shape index (κ1) is 21.9. The van der Waals surface area contributed by atoms with Crippen LogP contribution in [0.2, 0.25) is 5.02 Å². The molecular formula is C22H26ClN3O4. The number of carbonyl (C=O) groups excluding carboxylic acids is 2. The number of halogens is 1. The number of rotatable bonds is 7. The Bertz CT molecular complexity index is 898. The summed E-state index contributed by atoms with van der Waals surface area (Å²) >= 11 is 6.07. The number of nitrogens with zero attached hydrogens (tertiary/aromatic N) is 2. The number of para-hydroxylation sites is 1. The first-order valence-electron chi connectivity index (χ1n) is 9.80. The van der Waals surface area contributed by atoms with Crippen LogP contribution in [0.3, 0.4) is 0 Å². The average molecular weight is 432 g/mol. The quantitative estimate of drug-likeness (QED) is 0.729. The molecule has 0 bridgehead atoms. The minimum absolute atomic E-state index is 0.0351. The second-order valence-corrected chi connectivity index (χ2v) is 7.39. The lowest BCUT2D eigenvalue weighted by atomic mass is 10.1. The van der Waals surface area contributed by atoms with Crippen LogP contribution in [-0.2, 0) is 4.79 Å². The number of nitrogens with one attached hydrogen (secondary N) is 1. The Morgan fingerprint density at radius 2 is 1.70 bits per heavy atom. The Labute approximate surface area is 181 Å². The van der Waals surface area contributed by atoms with Crippen molar-refractivity contribution in [1.82, 2.24) is 9.80 Å². The molecule has 0 unspecified atom stereocenters. The maximum absolute atomic E-state index is 12.8. The van der Waals surface area contributed by atoms with E-state index in [0.29, 0.717) is 53.8 Å². The van der Waals surface area contributed by atoms with E-state index in [2.05, 4.69) is 10.2 Å². The smallest absolute Gasteiger partial charge is 0.254 e. The predicted molar refractivity (Wildman–Crippen MR) is 117 cm³/mol. The summed E-state index contributed by atoms with van der Waals surface area (Å²) in [6.07, 6.45) is 0.370. The Hall–Kier alpha value is -2.77. The van der Waals surface area contributed by atoms with E-state index in [-0.39, 0.29) is 11.8 Å². The molecule has 1 N–H and O–H groups in total. The van der Waals surface area contributed by atoms with Crippen LogP contribution in [0.25, 0.3) is 0 Å². The molecular weight excluding hydrogens is 406 g/mol. The molecule has 7 nitrogen and oxygen atoms in total. The lowest BCUT2D eigenvalue weighted by Crippen LogP contribution is -2.49. The van der Waals surface area contributed by atoms with Gasteiger partial charge in [-0.3, -0.25) is 14.5 Å². The molecule has 0 atom stereocenters. The first-order valence-corrected chi connectivity index (χ1v) is 10.2. The zero-order valence-electron chi connectivity index (χ0n) is 17.2. The molecule has 160 valence electrons. The van der Waals surface area contributed by atoms with Crippen molar-refractivity contribution in [3.63, 3.8) is 0 Å². The Morgan fingerprint density at radius 1 is 1.00 bits per heavy atom. The van der Waals surface area contributed by atoms with Crippen molar-refractivity contribution < 1.29 is 19.1 Å². The van der Waals surface area contributed by atoms with Crippen LogP contribution in [0.1, 0.15) is 16.8 Å². The SMILES string of the molecule is COc1ccc(C(=O)N2CCN(CCC(=O)Nc3ccccc3Cl)CC2)cc1OC. The highest BCUT2D eigenvalue weighted by molar-refractivity contribution is 6.33. The third-order valence-electron chi connectivity index (χ3n) is 5.09. The zero-order chi connectivity index (χ0) is 21.5. The number of amides is 2. The van der Waals surface area contributed by atoms with E-state index in [0.717, 1.165) is 13.1 Å². The molecule has 0 aliphatic carbocycles. The molecule has 0 spiro atoms. The number of hydrogen-bond donors (Lipinski definition) is 1. The summed E-state index contributed by atoms with van der Waals surface area (Å²) in [5, 5.41) is 3.36. The van der Waals surface area contributed by atoms with Crippen LogP contribution in [0.15, 0.2) is 42.5 Å². The molecule has 0 saturated carbocycles. The third-order valence-corrected chi connectivity index (χ3v) is 5.42. The van der Waals surface area contributed by atoms with Gasteiger partial charge in [0.2, 0.25) is 5.91 Å². The molecule has 1 fully saturated rings. The van der Waals surface area contributed by atoms with Crippen molar-refractivity contribution in [2.45, 2.75) is 6.42 Å². The molecule has 1 aliphatic rings. The molecule has 8 heteroatoms. The number of carbonyl (C=O) groups is 2. The maximum Gasteiger partial charge on any atom is 0.254 e. The fourth-order valence-electron chi connectivity index (χ4n) is 3.36. The minimum Gasteiger partial charge on any atom is -0.493 e. The Kier molecular flexibility index (Phi) is 7.54. The van der Waals surface area contributed by atoms with E-state index in [1.165, 1.54) is 0 Å². The van der Waals surface area contributed by atoms with Crippen molar-refractivity contribution in [3.8, 4) is 11.5 Å². The van der Waals surface area contributed by atoms with Crippen molar-refractivity contribution in [3.05, 3.63) is 53.1 Å². The summed E-state index contributed by atoms with van der Waals surface area (Å²) < 4.78 is 10.5. The van der Waals surface area contributed by atoms with Crippen molar-refractivity contribution in [2.24, 2.45) is 0 Å². The summed E-state index contributed by atoms with van der Waals surface area (Å²) in [6, 6.07) is 12.4. The molecule has 1 heterocycles. The first-order chi connectivity index (χ1) is 14.5. The Balaban J connectivity index is 1.47. The van der Waals surface area contributed by atoms with Gasteiger partial charge in [-0.1, -0.05) is 23.7 Å². The monoisotopic (exact) mass is 431 g/mol. The van der Waals surface area contributed by atoms with Crippen LogP contribution >= 0.6 is 11.6 Å². The molecule has 2 amide bonds. The molecule has 2 aromatic carbocycles. The lowest BCUT2D eigenvalue weighted by molar-refractivity contribution is -0.116. The van der Waals surface area contributed by atoms with Gasteiger partial charge < -0.3 is 19.7 Å². The van der Waals surface area contributed by atoms with E-state index in [1.54, 1.807) is 44.6 Å². The lowest BCUT2D eigenvalue weighted by Gasteiger charge is -2.34. The molecule has 0 aromatic heterocycles. The summed E-state index contributed by atoms with van der Waals surface area (Å²) in [6.45, 7) is 3.30. The van der Waals surface area contributed by atoms with E-state index >= 15 is 0 Å². The summed E-state index contributed by atoms with van der Waals surface area (Å²) in [7, 11) is 3.11. The van der Waals surface area contributed by atoms with Gasteiger partial charge in [0.05, 0.1) is 24.9 Å². The van der Waals surface area contributed by atoms with Gasteiger partial charge in [0.1, 0.15) is 0 Å². The summed E-state index contributed by atoms with van der Waals surface area (Å²) in [4.78, 5) is 29.0. The van der Waals surface area contributed by atoms with Gasteiger partial charge in [-0.25, -0.2) is 0 Å². The molecule has 1 saturated heterocycles. The van der Waals surface area contributed by atoms with E-state index in [4.69, 9.17) is 21.1 Å². The fraction of sp³-hybridized carbons (Fsp3) is 0.364. The largest absolute Gasteiger partial charge is 0.493 e. The van der Waals surface area contributed by atoms with Crippen LogP contribution in [-0.4, -0.2) is 68.6 Å². The number of hydrogen-bond acceptors (Lipinski definition) is 5. The maximum atomic E-state index is 12.8. The van der Waals surface area contributed by atoms with Crippen molar-refractivity contribution in [1.29, 1.82) is 0 Å². The Morgan fingerprint density at radius 3 is 2.37 bits per heavy atom. The molecule has 30 heavy (non-hydrogen) atoms. The summed E-state index contributed by atoms with van der Waals surface area (Å²) in [5.41, 5.74) is 1.19. The van der Waals surface area contributed by atoms with Gasteiger partial charge in [0, 0.05) is 44.7 Å². The van der Waals surface area contributed by atoms with Gasteiger partial charge in [0.15, 0.2) is 11.5 Å². The van der Waals surface area contributed by atoms with Crippen molar-refractivity contribution in [2.75, 3.05) is 52.3 Å². The van der Waals surface area contributed by atoms with Gasteiger partial charge >= 0.3 is 0 Å². The normalized spacial score (nSPS) is 14.3. The van der Waals surface area contributed by atoms with Crippen LogP contribution in [0, 0.1) is 0 Å². The second-order valence-electron chi connectivity index (χ2n) is 6.98. The average Bonchev–Trinajstić information content (AvgIpc) is 2.78. The van der Waals surface area contributed by atoms with Crippen LogP contribution < -0.4 is 14.8 Å². The van der Waals surface area contributed by atoms with Gasteiger partial charge in [-0.2, -0.15) is 0 Å². The number of piperazine rings is 1. The molecule has 0 radical (unpaired) electrons.